The average Bonchev–Trinajstić information content (AvgIpc) is 2.76. The summed E-state index contributed by atoms with van der Waals surface area (Å²) in [5, 5.41) is 22.8. The van der Waals surface area contributed by atoms with Crippen LogP contribution in [0, 0.1) is 21.4 Å². The second-order valence-corrected chi connectivity index (χ2v) is 5.42. The average molecular weight is 279 g/mol. The molecule has 0 aromatic carbocycles. The number of nitriles is 1. The van der Waals surface area contributed by atoms with Gasteiger partial charge in [0.25, 0.3) is 0 Å². The summed E-state index contributed by atoms with van der Waals surface area (Å²) in [5.74, 6) is -1.04. The number of hydrogen-bond acceptors (Lipinski definition) is 6. The van der Waals surface area contributed by atoms with Crippen LogP contribution in [0.15, 0.2) is 0 Å². The van der Waals surface area contributed by atoms with Crippen molar-refractivity contribution in [2.24, 2.45) is 0 Å². The Morgan fingerprint density at radius 2 is 2.21 bits per heavy atom. The van der Waals surface area contributed by atoms with Crippen molar-refractivity contribution in [2.75, 3.05) is 11.9 Å². The number of carbonyl (C=O) groups excluding carboxylic acids is 1. The van der Waals surface area contributed by atoms with Gasteiger partial charge in [0.2, 0.25) is 0 Å². The highest BCUT2D eigenvalue weighted by molar-refractivity contribution is 7.16. The Hall–Kier alpha value is -1.94. The van der Waals surface area contributed by atoms with Crippen LogP contribution < -0.4 is 5.32 Å². The van der Waals surface area contributed by atoms with E-state index >= 15 is 0 Å². The van der Waals surface area contributed by atoms with Crippen LogP contribution in [0.5, 0.6) is 0 Å². The maximum atomic E-state index is 11.7. The molecule has 1 N–H and O–H groups in total. The van der Waals surface area contributed by atoms with Crippen LogP contribution in [0.4, 0.5) is 5.00 Å². The van der Waals surface area contributed by atoms with Crippen molar-refractivity contribution in [2.45, 2.75) is 32.1 Å². The third kappa shape index (κ3) is 2.74. The molecule has 1 aromatic rings. The van der Waals surface area contributed by atoms with Gasteiger partial charge in [0.05, 0.1) is 12.5 Å². The maximum Gasteiger partial charge on any atom is 0.479 e. The van der Waals surface area contributed by atoms with Gasteiger partial charge in [-0.05, 0) is 31.2 Å². The molecular weight excluding hydrogens is 266 g/mol. The van der Waals surface area contributed by atoms with Gasteiger partial charge >= 0.3 is 5.91 Å². The van der Waals surface area contributed by atoms with E-state index in [1.165, 1.54) is 11.3 Å². The van der Waals surface area contributed by atoms with Crippen LogP contribution in [0.3, 0.4) is 0 Å². The van der Waals surface area contributed by atoms with Gasteiger partial charge in [-0.1, -0.05) is 0 Å². The van der Waals surface area contributed by atoms with Crippen LogP contribution in [0.2, 0.25) is 0 Å². The number of carbonyl (C=O) groups is 1. The van der Waals surface area contributed by atoms with E-state index in [9.17, 15) is 14.9 Å². The predicted molar refractivity (Wildman–Crippen MR) is 71.0 cm³/mol. The summed E-state index contributed by atoms with van der Waals surface area (Å²) in [7, 11) is 0. The SMILES string of the molecule is N#CCCNc1sc2c(c1C(=O)[N+](=O)[O-])CCCC2. The topological polar surface area (TPSA) is 96.0 Å². The van der Waals surface area contributed by atoms with Gasteiger partial charge in [0.1, 0.15) is 15.5 Å². The molecule has 0 aliphatic heterocycles. The Morgan fingerprint density at radius 1 is 1.47 bits per heavy atom. The first kappa shape index (κ1) is 13.5. The van der Waals surface area contributed by atoms with Crippen LogP contribution in [-0.4, -0.2) is 17.4 Å². The Labute approximate surface area is 114 Å². The normalized spacial score (nSPS) is 13.4. The van der Waals surface area contributed by atoms with E-state index in [0.717, 1.165) is 36.1 Å². The smallest absolute Gasteiger partial charge is 0.375 e. The summed E-state index contributed by atoms with van der Waals surface area (Å²) < 4.78 is 0. The second kappa shape index (κ2) is 5.80. The standard InChI is InChI=1S/C12H13N3O3S/c13-6-3-7-14-11-10(12(16)15(17)18)8-4-1-2-5-9(8)19-11/h14H,1-5,7H2. The van der Waals surface area contributed by atoms with Gasteiger partial charge in [0, 0.05) is 11.4 Å². The first-order valence-corrected chi connectivity index (χ1v) is 6.91. The number of aryl methyl sites for hydroxylation is 1. The summed E-state index contributed by atoms with van der Waals surface area (Å²) in [6.45, 7) is 0.397. The number of nitro groups is 1. The molecule has 0 saturated carbocycles. The van der Waals surface area contributed by atoms with Crippen molar-refractivity contribution >= 4 is 22.2 Å². The van der Waals surface area contributed by atoms with Gasteiger partial charge in [-0.15, -0.1) is 11.3 Å². The molecule has 6 nitrogen and oxygen atoms in total. The van der Waals surface area contributed by atoms with Crippen molar-refractivity contribution in [1.82, 2.24) is 0 Å². The molecule has 2 rings (SSSR count). The maximum absolute atomic E-state index is 11.7. The molecule has 1 aliphatic carbocycles. The summed E-state index contributed by atoms with van der Waals surface area (Å²) in [5.41, 5.74) is 1.04. The van der Waals surface area contributed by atoms with Crippen molar-refractivity contribution < 1.29 is 9.72 Å². The van der Waals surface area contributed by atoms with Crippen molar-refractivity contribution in [1.29, 1.82) is 5.26 Å². The lowest BCUT2D eigenvalue weighted by Gasteiger charge is -2.10. The zero-order valence-corrected chi connectivity index (χ0v) is 11.1. The number of amides is 1. The van der Waals surface area contributed by atoms with E-state index in [1.54, 1.807) is 0 Å². The molecule has 1 aromatic heterocycles. The fourth-order valence-corrected chi connectivity index (χ4v) is 3.55. The summed E-state index contributed by atoms with van der Waals surface area (Å²) >= 11 is 1.41. The van der Waals surface area contributed by atoms with E-state index in [0.29, 0.717) is 18.0 Å². The molecule has 1 heterocycles. The highest BCUT2D eigenvalue weighted by Crippen LogP contribution is 2.38. The van der Waals surface area contributed by atoms with Gasteiger partial charge in [0.15, 0.2) is 0 Å². The first-order valence-electron chi connectivity index (χ1n) is 6.09. The molecular formula is C12H13N3O3S. The largest absolute Gasteiger partial charge is 0.479 e. The second-order valence-electron chi connectivity index (χ2n) is 4.31. The third-order valence-corrected chi connectivity index (χ3v) is 4.32. The number of thiophene rings is 1. The first-order chi connectivity index (χ1) is 9.15. The number of nitrogens with one attached hydrogen (secondary N) is 1. The molecule has 0 radical (unpaired) electrons. The fourth-order valence-electron chi connectivity index (χ4n) is 2.24. The molecule has 0 unspecified atom stereocenters. The minimum absolute atomic E-state index is 0.211. The lowest BCUT2D eigenvalue weighted by Crippen LogP contribution is -2.16. The van der Waals surface area contributed by atoms with E-state index in [4.69, 9.17) is 5.26 Å². The number of nitrogens with zero attached hydrogens (tertiary/aromatic N) is 2. The number of anilines is 1. The number of hydrogen-bond donors (Lipinski definition) is 1. The molecule has 1 amide bonds. The highest BCUT2D eigenvalue weighted by atomic mass is 32.1. The molecule has 0 saturated heterocycles. The molecule has 0 bridgehead atoms. The minimum atomic E-state index is -1.04. The Morgan fingerprint density at radius 3 is 2.89 bits per heavy atom. The molecule has 7 heteroatoms. The van der Waals surface area contributed by atoms with Crippen LogP contribution in [0.25, 0.3) is 0 Å². The van der Waals surface area contributed by atoms with E-state index in [1.807, 2.05) is 6.07 Å². The van der Waals surface area contributed by atoms with Gasteiger partial charge in [-0.2, -0.15) is 5.26 Å². The lowest BCUT2D eigenvalue weighted by atomic mass is 9.95. The summed E-state index contributed by atoms with van der Waals surface area (Å²) in [4.78, 5) is 22.7. The van der Waals surface area contributed by atoms with Gasteiger partial charge in [-0.25, -0.2) is 4.79 Å². The van der Waals surface area contributed by atoms with Gasteiger partial charge in [-0.3, -0.25) is 10.1 Å². The third-order valence-electron chi connectivity index (χ3n) is 3.07. The Bertz CT molecular complexity index is 559. The zero-order valence-electron chi connectivity index (χ0n) is 10.3. The van der Waals surface area contributed by atoms with Crippen LogP contribution in [0.1, 0.15) is 40.1 Å². The summed E-state index contributed by atoms with van der Waals surface area (Å²) in [6.07, 6.45) is 3.91. The van der Waals surface area contributed by atoms with Crippen LogP contribution in [-0.2, 0) is 12.8 Å². The highest BCUT2D eigenvalue weighted by Gasteiger charge is 2.31. The molecule has 19 heavy (non-hydrogen) atoms. The summed E-state index contributed by atoms with van der Waals surface area (Å²) in [6, 6.07) is 1.99. The van der Waals surface area contributed by atoms with Crippen molar-refractivity contribution in [3.8, 4) is 6.07 Å². The monoisotopic (exact) mass is 279 g/mol. The minimum Gasteiger partial charge on any atom is -0.375 e. The Balaban J connectivity index is 2.35. The fraction of sp³-hybridized carbons (Fsp3) is 0.500. The zero-order chi connectivity index (χ0) is 13.8. The molecule has 0 spiro atoms. The number of fused-ring (bicyclic) bond motifs is 1. The lowest BCUT2D eigenvalue weighted by molar-refractivity contribution is -0.375. The quantitative estimate of drug-likeness (QED) is 0.518. The Kier molecular flexibility index (Phi) is 4.12. The van der Waals surface area contributed by atoms with Gasteiger partial charge < -0.3 is 5.32 Å². The molecule has 0 atom stereocenters. The molecule has 1 aliphatic rings. The number of rotatable bonds is 4. The van der Waals surface area contributed by atoms with Crippen molar-refractivity contribution in [3.05, 3.63) is 26.1 Å². The molecule has 0 fully saturated rings. The van der Waals surface area contributed by atoms with E-state index in [2.05, 4.69) is 5.32 Å². The van der Waals surface area contributed by atoms with E-state index < -0.39 is 10.8 Å². The predicted octanol–water partition coefficient (Wildman–Crippen LogP) is 2.37. The molecule has 100 valence electrons. The van der Waals surface area contributed by atoms with Crippen LogP contribution >= 0.6 is 11.3 Å². The van der Waals surface area contributed by atoms with Crippen molar-refractivity contribution in [3.63, 3.8) is 0 Å². The van der Waals surface area contributed by atoms with E-state index in [-0.39, 0.29) is 5.56 Å².